The molecule has 0 saturated heterocycles. The van der Waals surface area contributed by atoms with Crippen molar-refractivity contribution >= 4 is 22.8 Å². The van der Waals surface area contributed by atoms with E-state index in [9.17, 15) is 9.59 Å². The number of aromatic nitrogens is 1. The molecule has 0 fully saturated rings. The molecule has 1 aliphatic carbocycles. The highest BCUT2D eigenvalue weighted by atomic mass is 16.5. The van der Waals surface area contributed by atoms with Gasteiger partial charge in [-0.25, -0.2) is 4.79 Å². The second kappa shape index (κ2) is 8.21. The lowest BCUT2D eigenvalue weighted by Crippen LogP contribution is -2.28. The summed E-state index contributed by atoms with van der Waals surface area (Å²) in [6, 6.07) is 17.2. The molecule has 4 rings (SSSR count). The molecule has 0 spiro atoms. The van der Waals surface area contributed by atoms with Crippen LogP contribution in [0, 0.1) is 0 Å². The fraction of sp³-hybridized carbons (Fsp3) is 0.261. The van der Waals surface area contributed by atoms with E-state index in [2.05, 4.69) is 5.32 Å². The molecule has 1 amide bonds. The molecule has 0 atom stereocenters. The minimum absolute atomic E-state index is 0.295. The molecule has 1 heterocycles. The van der Waals surface area contributed by atoms with Crippen LogP contribution in [0.25, 0.3) is 10.9 Å². The second-order valence-corrected chi connectivity index (χ2v) is 6.97. The first-order valence-electron chi connectivity index (χ1n) is 9.60. The molecule has 5 heteroatoms. The highest BCUT2D eigenvalue weighted by Gasteiger charge is 2.24. The molecular weight excluding hydrogens is 352 g/mol. The summed E-state index contributed by atoms with van der Waals surface area (Å²) < 4.78 is 5.37. The number of esters is 1. The Hall–Kier alpha value is -3.21. The molecule has 1 aliphatic rings. The average molecular weight is 374 g/mol. The summed E-state index contributed by atoms with van der Waals surface area (Å²) >= 11 is 0. The molecule has 1 N–H and O–H groups in total. The Bertz CT molecular complexity index is 1020. The number of carbonyl (C=O) groups excluding carboxylic acids is 2. The summed E-state index contributed by atoms with van der Waals surface area (Å²) in [7, 11) is 0. The van der Waals surface area contributed by atoms with Crippen LogP contribution in [0.3, 0.4) is 0 Å². The van der Waals surface area contributed by atoms with E-state index in [1.54, 1.807) is 0 Å². The molecule has 28 heavy (non-hydrogen) atoms. The van der Waals surface area contributed by atoms with Gasteiger partial charge in [0.05, 0.1) is 11.1 Å². The van der Waals surface area contributed by atoms with Gasteiger partial charge in [-0.15, -0.1) is 0 Å². The smallest absolute Gasteiger partial charge is 0.339 e. The number of rotatable bonds is 5. The SMILES string of the molecule is O=C(COC(=O)c1c2c(nc3ccccc13)CCCC2)NCc1ccccc1. The van der Waals surface area contributed by atoms with E-state index >= 15 is 0 Å². The summed E-state index contributed by atoms with van der Waals surface area (Å²) in [6.07, 6.45) is 3.80. The Kier molecular flexibility index (Phi) is 5.33. The maximum atomic E-state index is 12.9. The number of carbonyl (C=O) groups is 2. The molecule has 0 saturated carbocycles. The molecule has 1 aromatic heterocycles. The third-order valence-corrected chi connectivity index (χ3v) is 5.04. The lowest BCUT2D eigenvalue weighted by Gasteiger charge is -2.19. The van der Waals surface area contributed by atoms with Gasteiger partial charge in [-0.1, -0.05) is 48.5 Å². The first-order chi connectivity index (χ1) is 13.7. The molecule has 5 nitrogen and oxygen atoms in total. The van der Waals surface area contributed by atoms with Gasteiger partial charge in [-0.3, -0.25) is 9.78 Å². The van der Waals surface area contributed by atoms with Crippen LogP contribution in [0.15, 0.2) is 54.6 Å². The molecule has 0 unspecified atom stereocenters. The van der Waals surface area contributed by atoms with Gasteiger partial charge >= 0.3 is 5.97 Å². The molecule has 0 bridgehead atoms. The largest absolute Gasteiger partial charge is 0.452 e. The number of nitrogens with one attached hydrogen (secondary N) is 1. The average Bonchev–Trinajstić information content (AvgIpc) is 2.75. The van der Waals surface area contributed by atoms with Crippen LogP contribution in [-0.2, 0) is 28.9 Å². The fourth-order valence-corrected chi connectivity index (χ4v) is 3.66. The number of fused-ring (bicyclic) bond motifs is 2. The topological polar surface area (TPSA) is 68.3 Å². The number of para-hydroxylation sites is 1. The van der Waals surface area contributed by atoms with Crippen LogP contribution in [0.5, 0.6) is 0 Å². The summed E-state index contributed by atoms with van der Waals surface area (Å²) in [5.74, 6) is -0.768. The Labute approximate surface area is 163 Å². The minimum Gasteiger partial charge on any atom is -0.452 e. The van der Waals surface area contributed by atoms with Gasteiger partial charge in [-0.05, 0) is 42.9 Å². The zero-order valence-electron chi connectivity index (χ0n) is 15.6. The summed E-state index contributed by atoms with van der Waals surface area (Å²) in [6.45, 7) is 0.113. The highest BCUT2D eigenvalue weighted by molar-refractivity contribution is 6.05. The molecule has 142 valence electrons. The van der Waals surface area contributed by atoms with Crippen LogP contribution in [-0.4, -0.2) is 23.5 Å². The van der Waals surface area contributed by atoms with Gasteiger partial charge < -0.3 is 10.1 Å². The standard InChI is InChI=1S/C23H22N2O3/c26-21(24-14-16-8-2-1-3-9-16)15-28-23(27)22-17-10-4-6-12-19(17)25-20-13-7-5-11-18(20)22/h1-4,6,8-10,12H,5,7,11,13-15H2,(H,24,26). The third kappa shape index (κ3) is 3.88. The number of ether oxygens (including phenoxy) is 1. The van der Waals surface area contributed by atoms with Crippen LogP contribution in [0.2, 0.25) is 0 Å². The van der Waals surface area contributed by atoms with Crippen LogP contribution in [0.1, 0.15) is 40.0 Å². The van der Waals surface area contributed by atoms with Crippen LogP contribution < -0.4 is 5.32 Å². The van der Waals surface area contributed by atoms with Crippen LogP contribution >= 0.6 is 0 Å². The van der Waals surface area contributed by atoms with E-state index in [0.717, 1.165) is 53.4 Å². The van der Waals surface area contributed by atoms with Gasteiger partial charge in [0.1, 0.15) is 0 Å². The monoisotopic (exact) mass is 374 g/mol. The van der Waals surface area contributed by atoms with E-state index < -0.39 is 5.97 Å². The normalized spacial score (nSPS) is 13.0. The molecule has 0 radical (unpaired) electrons. The van der Waals surface area contributed by atoms with Crippen molar-refractivity contribution in [2.24, 2.45) is 0 Å². The quantitative estimate of drug-likeness (QED) is 0.693. The number of hydrogen-bond acceptors (Lipinski definition) is 4. The van der Waals surface area contributed by atoms with Crippen molar-refractivity contribution in [1.29, 1.82) is 0 Å². The van der Waals surface area contributed by atoms with E-state index in [1.165, 1.54) is 0 Å². The number of hydrogen-bond donors (Lipinski definition) is 1. The van der Waals surface area contributed by atoms with Gasteiger partial charge in [0.15, 0.2) is 6.61 Å². The fourth-order valence-electron chi connectivity index (χ4n) is 3.66. The van der Waals surface area contributed by atoms with Crippen molar-refractivity contribution in [3.05, 3.63) is 77.0 Å². The Balaban J connectivity index is 1.49. The first-order valence-corrected chi connectivity index (χ1v) is 9.60. The van der Waals surface area contributed by atoms with E-state index in [1.807, 2.05) is 54.6 Å². The van der Waals surface area contributed by atoms with Crippen molar-refractivity contribution in [3.8, 4) is 0 Å². The molecule has 3 aromatic rings. The Morgan fingerprint density at radius 3 is 2.57 bits per heavy atom. The van der Waals surface area contributed by atoms with E-state index in [-0.39, 0.29) is 12.5 Å². The van der Waals surface area contributed by atoms with Crippen molar-refractivity contribution in [2.45, 2.75) is 32.2 Å². The van der Waals surface area contributed by atoms with Crippen molar-refractivity contribution in [1.82, 2.24) is 10.3 Å². The zero-order chi connectivity index (χ0) is 19.3. The van der Waals surface area contributed by atoms with Gasteiger partial charge in [0.2, 0.25) is 0 Å². The van der Waals surface area contributed by atoms with Gasteiger partial charge in [0, 0.05) is 17.6 Å². The van der Waals surface area contributed by atoms with Crippen LogP contribution in [0.4, 0.5) is 0 Å². The predicted molar refractivity (Wildman–Crippen MR) is 107 cm³/mol. The number of amides is 1. The van der Waals surface area contributed by atoms with E-state index in [4.69, 9.17) is 9.72 Å². The third-order valence-electron chi connectivity index (χ3n) is 5.04. The first kappa shape index (κ1) is 18.2. The Morgan fingerprint density at radius 1 is 0.964 bits per heavy atom. The van der Waals surface area contributed by atoms with Crippen molar-refractivity contribution < 1.29 is 14.3 Å². The lowest BCUT2D eigenvalue weighted by molar-refractivity contribution is -0.124. The summed E-state index contributed by atoms with van der Waals surface area (Å²) in [5.41, 5.74) is 4.31. The highest BCUT2D eigenvalue weighted by Crippen LogP contribution is 2.29. The zero-order valence-corrected chi connectivity index (χ0v) is 15.6. The molecule has 0 aliphatic heterocycles. The number of nitrogens with zero attached hydrogens (tertiary/aromatic N) is 1. The maximum absolute atomic E-state index is 12.9. The summed E-state index contributed by atoms with van der Waals surface area (Å²) in [4.78, 5) is 29.7. The number of pyridine rings is 1. The number of benzene rings is 2. The lowest BCUT2D eigenvalue weighted by atomic mass is 9.90. The predicted octanol–water partition coefficient (Wildman–Crippen LogP) is 3.59. The van der Waals surface area contributed by atoms with Gasteiger partial charge in [-0.2, -0.15) is 0 Å². The second-order valence-electron chi connectivity index (χ2n) is 6.97. The Morgan fingerprint density at radius 2 is 1.71 bits per heavy atom. The van der Waals surface area contributed by atoms with Crippen molar-refractivity contribution in [3.63, 3.8) is 0 Å². The number of aryl methyl sites for hydroxylation is 1. The van der Waals surface area contributed by atoms with E-state index in [0.29, 0.717) is 12.1 Å². The van der Waals surface area contributed by atoms with Gasteiger partial charge in [0.25, 0.3) is 5.91 Å². The summed E-state index contributed by atoms with van der Waals surface area (Å²) in [5, 5.41) is 3.57. The van der Waals surface area contributed by atoms with Crippen molar-refractivity contribution in [2.75, 3.05) is 6.61 Å². The minimum atomic E-state index is -0.452. The maximum Gasteiger partial charge on any atom is 0.339 e. The molecule has 2 aromatic carbocycles. The molecular formula is C23H22N2O3.